The lowest BCUT2D eigenvalue weighted by Crippen LogP contribution is -2.24. The Balaban J connectivity index is 1.90. The van der Waals surface area contributed by atoms with Crippen LogP contribution in [0.3, 0.4) is 0 Å². The first-order valence-corrected chi connectivity index (χ1v) is 11.2. The van der Waals surface area contributed by atoms with E-state index in [4.69, 9.17) is 21.3 Å². The van der Waals surface area contributed by atoms with Crippen LogP contribution in [0.4, 0.5) is 0 Å². The molecule has 0 spiro atoms. The van der Waals surface area contributed by atoms with Crippen molar-refractivity contribution in [1.29, 1.82) is 0 Å². The van der Waals surface area contributed by atoms with Gasteiger partial charge in [0.2, 0.25) is 0 Å². The molecule has 27 heavy (non-hydrogen) atoms. The Morgan fingerprint density at radius 2 is 1.37 bits per heavy atom. The van der Waals surface area contributed by atoms with E-state index in [9.17, 15) is 0 Å². The number of ether oxygens (including phenoxy) is 2. The molecule has 0 unspecified atom stereocenters. The van der Waals surface area contributed by atoms with Crippen molar-refractivity contribution < 1.29 is 9.47 Å². The van der Waals surface area contributed by atoms with Crippen molar-refractivity contribution in [3.05, 3.63) is 84.4 Å². The lowest BCUT2D eigenvalue weighted by Gasteiger charge is -2.22. The number of benzene rings is 3. The normalized spacial score (nSPS) is 11.3. The maximum Gasteiger partial charge on any atom is 0.161 e. The lowest BCUT2D eigenvalue weighted by atomic mass is 10.2. The van der Waals surface area contributed by atoms with Crippen molar-refractivity contribution in [2.45, 2.75) is 0 Å². The minimum atomic E-state index is -2.27. The van der Waals surface area contributed by atoms with Crippen LogP contribution < -0.4 is 25.3 Å². The van der Waals surface area contributed by atoms with Crippen LogP contribution >= 0.6 is 6.19 Å². The Morgan fingerprint density at radius 1 is 0.815 bits per heavy atom. The van der Waals surface area contributed by atoms with E-state index in [-0.39, 0.29) is 0 Å². The molecule has 4 nitrogen and oxygen atoms in total. The van der Waals surface area contributed by atoms with Gasteiger partial charge in [-0.1, -0.05) is 72.5 Å². The lowest BCUT2D eigenvalue weighted by molar-refractivity contribution is 0.355. The third-order valence-corrected chi connectivity index (χ3v) is 8.02. The minimum absolute atomic E-state index is 0.659. The Bertz CT molecular complexity index is 919. The van der Waals surface area contributed by atoms with Gasteiger partial charge in [0, 0.05) is 10.6 Å². The van der Waals surface area contributed by atoms with Crippen molar-refractivity contribution in [1.82, 2.24) is 5.20 Å². The molecule has 0 aliphatic carbocycles. The summed E-state index contributed by atoms with van der Waals surface area (Å²) >= 11 is 6.08. The van der Waals surface area contributed by atoms with Crippen LogP contribution in [0.5, 0.6) is 11.5 Å². The second-order valence-electron chi connectivity index (χ2n) is 5.75. The number of nitrogens with one attached hydrogen (secondary N) is 1. The summed E-state index contributed by atoms with van der Waals surface area (Å²) in [5.74, 6) is 1.34. The van der Waals surface area contributed by atoms with Gasteiger partial charge in [-0.2, -0.15) is 5.10 Å². The summed E-state index contributed by atoms with van der Waals surface area (Å²) < 4.78 is 10.6. The summed E-state index contributed by atoms with van der Waals surface area (Å²) in [6.07, 6.45) is -0.521. The van der Waals surface area contributed by atoms with Gasteiger partial charge < -0.3 is 9.47 Å². The summed E-state index contributed by atoms with van der Waals surface area (Å²) in [7, 11) is 3.23. The van der Waals surface area contributed by atoms with Crippen molar-refractivity contribution in [3.63, 3.8) is 0 Å². The van der Waals surface area contributed by atoms with E-state index < -0.39 is 6.19 Å². The van der Waals surface area contributed by atoms with Gasteiger partial charge in [-0.15, -0.1) is 0 Å². The molecule has 3 aromatic carbocycles. The van der Waals surface area contributed by atoms with Crippen LogP contribution in [0, 0.1) is 0 Å². The Morgan fingerprint density at radius 3 is 1.89 bits per heavy atom. The number of hydrogen-bond acceptors (Lipinski definition) is 4. The fourth-order valence-electron chi connectivity index (χ4n) is 2.66. The minimum Gasteiger partial charge on any atom is -0.493 e. The maximum absolute atomic E-state index is 6.08. The van der Waals surface area contributed by atoms with Crippen LogP contribution in [-0.2, 0) is 11.8 Å². The van der Waals surface area contributed by atoms with Crippen molar-refractivity contribution in [2.75, 3.05) is 14.2 Å². The Labute approximate surface area is 164 Å². The van der Waals surface area contributed by atoms with Gasteiger partial charge in [-0.3, -0.25) is 5.20 Å². The van der Waals surface area contributed by atoms with Crippen molar-refractivity contribution >= 4 is 34.8 Å². The zero-order chi connectivity index (χ0) is 19.1. The monoisotopic (exact) mass is 396 g/mol. The standard InChI is InChI=1S/C21H21N2O2PS/c1-24-20-14-13-17(15-21(20)25-2)16-22-23-26(27,18-9-5-3-6-10-18)19-11-7-4-8-12-19/h3-16H,1-2H3,(H,23,27). The predicted octanol–water partition coefficient (Wildman–Crippen LogP) is 3.67. The first-order valence-electron chi connectivity index (χ1n) is 8.41. The first-order chi connectivity index (χ1) is 13.2. The molecule has 0 radical (unpaired) electrons. The summed E-state index contributed by atoms with van der Waals surface area (Å²) in [5.41, 5.74) is 0.892. The molecule has 3 rings (SSSR count). The molecule has 3 aromatic rings. The molecule has 1 N–H and O–H groups in total. The molecular formula is C21H21N2O2PS. The largest absolute Gasteiger partial charge is 0.493 e. The van der Waals surface area contributed by atoms with Crippen molar-refractivity contribution in [2.24, 2.45) is 5.10 Å². The molecule has 0 saturated heterocycles. The molecule has 138 valence electrons. The summed E-state index contributed by atoms with van der Waals surface area (Å²) in [6.45, 7) is 0. The van der Waals surface area contributed by atoms with Gasteiger partial charge in [-0.25, -0.2) is 0 Å². The molecule has 0 saturated carbocycles. The zero-order valence-electron chi connectivity index (χ0n) is 15.2. The van der Waals surface area contributed by atoms with E-state index in [0.717, 1.165) is 16.2 Å². The number of hydrazone groups is 1. The third kappa shape index (κ3) is 4.38. The van der Waals surface area contributed by atoms with Gasteiger partial charge in [0.05, 0.1) is 20.4 Å². The van der Waals surface area contributed by atoms with Gasteiger partial charge >= 0.3 is 0 Å². The highest BCUT2D eigenvalue weighted by Gasteiger charge is 2.21. The summed E-state index contributed by atoms with van der Waals surface area (Å²) in [4.78, 5) is 0. The van der Waals surface area contributed by atoms with Crippen LogP contribution in [0.2, 0.25) is 0 Å². The van der Waals surface area contributed by atoms with Gasteiger partial charge in [-0.05, 0) is 23.8 Å². The Hall–Kier alpha value is -2.62. The first kappa shape index (κ1) is 19.2. The molecule has 0 bridgehead atoms. The SMILES string of the molecule is COc1ccc(C=NNP(=S)(c2ccccc2)c2ccccc2)cc1OC. The molecule has 0 aliphatic heterocycles. The smallest absolute Gasteiger partial charge is 0.161 e. The molecule has 0 aromatic heterocycles. The maximum atomic E-state index is 6.08. The molecular weight excluding hydrogens is 375 g/mol. The van der Waals surface area contributed by atoms with Gasteiger partial charge in [0.15, 0.2) is 11.5 Å². The van der Waals surface area contributed by atoms with E-state index in [1.54, 1.807) is 20.4 Å². The van der Waals surface area contributed by atoms with E-state index in [2.05, 4.69) is 10.3 Å². The fraction of sp³-hybridized carbons (Fsp3) is 0.0952. The highest BCUT2D eigenvalue weighted by molar-refractivity contribution is 8.20. The number of hydrogen-bond donors (Lipinski definition) is 1. The average Bonchev–Trinajstić information content (AvgIpc) is 2.74. The van der Waals surface area contributed by atoms with E-state index in [1.165, 1.54) is 0 Å². The van der Waals surface area contributed by atoms with Gasteiger partial charge in [0.1, 0.15) is 6.19 Å². The van der Waals surface area contributed by atoms with Crippen LogP contribution in [-0.4, -0.2) is 20.4 Å². The number of rotatable bonds is 7. The van der Waals surface area contributed by atoms with Crippen LogP contribution in [0.1, 0.15) is 5.56 Å². The predicted molar refractivity (Wildman–Crippen MR) is 117 cm³/mol. The molecule has 0 aliphatic rings. The summed E-state index contributed by atoms with van der Waals surface area (Å²) in [5, 5.41) is 9.87. The zero-order valence-corrected chi connectivity index (χ0v) is 16.9. The molecule has 6 heteroatoms. The van der Waals surface area contributed by atoms with E-state index in [0.29, 0.717) is 11.5 Å². The highest BCUT2D eigenvalue weighted by Crippen LogP contribution is 2.39. The molecule has 0 atom stereocenters. The third-order valence-electron chi connectivity index (χ3n) is 4.06. The highest BCUT2D eigenvalue weighted by atomic mass is 32.4. The second-order valence-corrected chi connectivity index (χ2v) is 9.85. The van der Waals surface area contributed by atoms with Gasteiger partial charge in [0.25, 0.3) is 0 Å². The topological polar surface area (TPSA) is 42.8 Å². The number of methoxy groups -OCH3 is 2. The molecule has 0 fully saturated rings. The fourth-order valence-corrected chi connectivity index (χ4v) is 5.46. The van der Waals surface area contributed by atoms with Crippen LogP contribution in [0.25, 0.3) is 0 Å². The average molecular weight is 396 g/mol. The van der Waals surface area contributed by atoms with Crippen LogP contribution in [0.15, 0.2) is 84.0 Å². The second kappa shape index (κ2) is 8.85. The van der Waals surface area contributed by atoms with E-state index >= 15 is 0 Å². The molecule has 0 amide bonds. The molecule has 0 heterocycles. The number of nitrogens with zero attached hydrogens (tertiary/aromatic N) is 1. The van der Waals surface area contributed by atoms with E-state index in [1.807, 2.05) is 78.9 Å². The quantitative estimate of drug-likeness (QED) is 0.376. The summed E-state index contributed by atoms with van der Waals surface area (Å²) in [6, 6.07) is 25.8. The van der Waals surface area contributed by atoms with Crippen molar-refractivity contribution in [3.8, 4) is 11.5 Å². The Kier molecular flexibility index (Phi) is 6.28.